The number of aliphatic imine (C=N–C) groups is 1. The van der Waals surface area contributed by atoms with E-state index in [0.29, 0.717) is 6.67 Å². The predicted molar refractivity (Wildman–Crippen MR) is 116 cm³/mol. The Labute approximate surface area is 173 Å². The van der Waals surface area contributed by atoms with Crippen LogP contribution in [0, 0.1) is 0 Å². The number of piperazine rings is 1. The number of benzene rings is 1. The average Bonchev–Trinajstić information content (AvgIpc) is 3.42. The number of hydrazine groups is 1. The Bertz CT molecular complexity index is 1050. The number of fused-ring (bicyclic) bond motifs is 5. The van der Waals surface area contributed by atoms with Gasteiger partial charge in [-0.1, -0.05) is 18.2 Å². The molecule has 0 amide bonds. The molecule has 150 valence electrons. The molecule has 1 atom stereocenters. The number of aromatic nitrogens is 2. The van der Waals surface area contributed by atoms with Crippen LogP contribution in [-0.2, 0) is 0 Å². The second-order valence-electron chi connectivity index (χ2n) is 7.79. The van der Waals surface area contributed by atoms with E-state index < -0.39 is 0 Å². The molecule has 0 spiro atoms. The molecule has 0 saturated carbocycles. The third kappa shape index (κ3) is 2.84. The maximum absolute atomic E-state index is 5.01. The van der Waals surface area contributed by atoms with E-state index in [1.807, 2.05) is 0 Å². The molecule has 29 heavy (non-hydrogen) atoms. The summed E-state index contributed by atoms with van der Waals surface area (Å²) in [6, 6.07) is 12.7. The molecular weight excluding hydrogens is 384 g/mol. The Morgan fingerprint density at radius 3 is 2.72 bits per heavy atom. The van der Waals surface area contributed by atoms with Crippen LogP contribution in [0.1, 0.15) is 11.0 Å². The fourth-order valence-corrected chi connectivity index (χ4v) is 5.12. The highest BCUT2D eigenvalue weighted by molar-refractivity contribution is 7.10. The summed E-state index contributed by atoms with van der Waals surface area (Å²) >= 11 is 1.76. The summed E-state index contributed by atoms with van der Waals surface area (Å²) in [4.78, 5) is 15.8. The average molecular weight is 409 g/mol. The van der Waals surface area contributed by atoms with Crippen LogP contribution in [0.3, 0.4) is 0 Å². The predicted octanol–water partition coefficient (Wildman–Crippen LogP) is 1.80. The second-order valence-corrected chi connectivity index (χ2v) is 8.77. The van der Waals surface area contributed by atoms with Crippen molar-refractivity contribution in [3.05, 3.63) is 46.7 Å². The fourth-order valence-electron chi connectivity index (χ4n) is 4.36. The van der Waals surface area contributed by atoms with Gasteiger partial charge in [0.05, 0.1) is 17.7 Å². The van der Waals surface area contributed by atoms with Gasteiger partial charge in [0.2, 0.25) is 11.9 Å². The van der Waals surface area contributed by atoms with Gasteiger partial charge in [-0.3, -0.25) is 9.47 Å². The van der Waals surface area contributed by atoms with Crippen LogP contribution in [0.5, 0.6) is 0 Å². The Morgan fingerprint density at radius 2 is 1.90 bits per heavy atom. The number of thiophene rings is 1. The number of hydrogen-bond donors (Lipinski definition) is 1. The lowest BCUT2D eigenvalue weighted by molar-refractivity contribution is -0.0528. The molecule has 1 saturated heterocycles. The molecule has 8 nitrogen and oxygen atoms in total. The Morgan fingerprint density at radius 1 is 1.03 bits per heavy atom. The van der Waals surface area contributed by atoms with Crippen molar-refractivity contribution >= 4 is 34.3 Å². The highest BCUT2D eigenvalue weighted by Crippen LogP contribution is 2.35. The summed E-state index contributed by atoms with van der Waals surface area (Å²) in [5.41, 5.74) is 2.16. The van der Waals surface area contributed by atoms with Gasteiger partial charge in [0.1, 0.15) is 12.8 Å². The largest absolute Gasteiger partial charge is 0.331 e. The maximum Gasteiger partial charge on any atom is 0.216 e. The van der Waals surface area contributed by atoms with Crippen LogP contribution in [0.15, 0.2) is 46.8 Å². The first-order valence-corrected chi connectivity index (χ1v) is 10.9. The van der Waals surface area contributed by atoms with Gasteiger partial charge in [0.15, 0.2) is 0 Å². The summed E-state index contributed by atoms with van der Waals surface area (Å²) < 4.78 is 2.31. The van der Waals surface area contributed by atoms with Crippen molar-refractivity contribution < 1.29 is 0 Å². The minimum absolute atomic E-state index is 0.0163. The smallest absolute Gasteiger partial charge is 0.216 e. The van der Waals surface area contributed by atoms with Crippen LogP contribution in [0.2, 0.25) is 0 Å². The molecule has 3 aromatic rings. The van der Waals surface area contributed by atoms with Gasteiger partial charge >= 0.3 is 0 Å². The lowest BCUT2D eigenvalue weighted by Gasteiger charge is -2.46. The first kappa shape index (κ1) is 17.4. The van der Waals surface area contributed by atoms with E-state index in [0.717, 1.165) is 55.8 Å². The van der Waals surface area contributed by atoms with E-state index >= 15 is 0 Å². The van der Waals surface area contributed by atoms with E-state index in [2.05, 4.69) is 78.5 Å². The number of imidazole rings is 1. The zero-order valence-electron chi connectivity index (χ0n) is 16.4. The molecule has 1 fully saturated rings. The molecule has 0 bridgehead atoms. The van der Waals surface area contributed by atoms with Gasteiger partial charge in [-0.15, -0.1) is 11.3 Å². The van der Waals surface area contributed by atoms with Gasteiger partial charge in [-0.2, -0.15) is 0 Å². The van der Waals surface area contributed by atoms with Crippen LogP contribution < -0.4 is 10.2 Å². The van der Waals surface area contributed by atoms with Crippen molar-refractivity contribution in [3.63, 3.8) is 0 Å². The molecule has 0 aliphatic carbocycles. The highest BCUT2D eigenvalue weighted by atomic mass is 32.1. The van der Waals surface area contributed by atoms with Crippen molar-refractivity contribution in [3.8, 4) is 0 Å². The van der Waals surface area contributed by atoms with Gasteiger partial charge in [0.25, 0.3) is 0 Å². The lowest BCUT2D eigenvalue weighted by atomic mass is 10.3. The van der Waals surface area contributed by atoms with E-state index in [-0.39, 0.29) is 6.17 Å². The summed E-state index contributed by atoms with van der Waals surface area (Å²) in [5.74, 6) is 1.87. The molecule has 1 N–H and O–H groups in total. The topological polar surface area (TPSA) is 55.2 Å². The summed E-state index contributed by atoms with van der Waals surface area (Å²) in [6.45, 7) is 5.69. The third-order valence-electron chi connectivity index (χ3n) is 5.98. The summed E-state index contributed by atoms with van der Waals surface area (Å²) in [5, 5.41) is 10.6. The maximum atomic E-state index is 5.01. The number of guanidine groups is 1. The Hall–Kier alpha value is -2.46. The zero-order chi connectivity index (χ0) is 19.4. The molecule has 3 aliphatic rings. The zero-order valence-corrected chi connectivity index (χ0v) is 17.2. The normalized spacial score (nSPS) is 23.6. The van der Waals surface area contributed by atoms with E-state index in [9.17, 15) is 0 Å². The minimum Gasteiger partial charge on any atom is -0.331 e. The Balaban J connectivity index is 1.40. The Kier molecular flexibility index (Phi) is 4.08. The molecule has 0 radical (unpaired) electrons. The molecular formula is C20H24N8S. The SMILES string of the molecule is CN1CCN(N2CN=C3NC(c4cccs4)n4c(nc5ccccc54)N3C2)CC1. The van der Waals surface area contributed by atoms with Crippen molar-refractivity contribution in [1.82, 2.24) is 29.8 Å². The third-order valence-corrected chi connectivity index (χ3v) is 6.90. The standard InChI is InChI=1S/C20H24N8S/c1-24-8-10-25(11-9-24)26-13-21-19-23-18(17-7-4-12-29-17)28-16-6-3-2-5-15(16)22-20(28)27(19)14-26/h2-7,12,18H,8-11,13-14H2,1H3,(H,21,23). The molecule has 9 heteroatoms. The second kappa shape index (κ2) is 6.81. The molecule has 5 heterocycles. The number of likely N-dealkylation sites (N-methyl/N-ethyl adjacent to an activating group) is 1. The highest BCUT2D eigenvalue weighted by Gasteiger charge is 2.37. The first-order valence-electron chi connectivity index (χ1n) is 10.1. The van der Waals surface area contributed by atoms with Gasteiger partial charge < -0.3 is 10.2 Å². The van der Waals surface area contributed by atoms with Crippen LogP contribution in [0.4, 0.5) is 5.95 Å². The molecule has 3 aliphatic heterocycles. The lowest BCUT2D eigenvalue weighted by Crippen LogP contribution is -2.62. The molecule has 1 unspecified atom stereocenters. The van der Waals surface area contributed by atoms with Crippen LogP contribution in [0.25, 0.3) is 11.0 Å². The molecule has 2 aromatic heterocycles. The van der Waals surface area contributed by atoms with Gasteiger partial charge in [-0.25, -0.2) is 20.0 Å². The van der Waals surface area contributed by atoms with Crippen molar-refractivity contribution in [2.45, 2.75) is 6.17 Å². The van der Waals surface area contributed by atoms with Gasteiger partial charge in [0, 0.05) is 31.1 Å². The first-order chi connectivity index (χ1) is 14.3. The van der Waals surface area contributed by atoms with Crippen molar-refractivity contribution in [2.24, 2.45) is 4.99 Å². The number of para-hydroxylation sites is 2. The van der Waals surface area contributed by atoms with Gasteiger partial charge in [-0.05, 0) is 30.6 Å². The number of rotatable bonds is 2. The monoisotopic (exact) mass is 408 g/mol. The van der Waals surface area contributed by atoms with Crippen molar-refractivity contribution in [1.29, 1.82) is 0 Å². The van der Waals surface area contributed by atoms with E-state index in [1.165, 1.54) is 4.88 Å². The van der Waals surface area contributed by atoms with Crippen LogP contribution in [-0.4, -0.2) is 77.0 Å². The summed E-state index contributed by atoms with van der Waals surface area (Å²) in [6.07, 6.45) is 0.0163. The number of nitrogens with one attached hydrogen (secondary N) is 1. The number of hydrogen-bond acceptors (Lipinski definition) is 8. The molecule has 6 rings (SSSR count). The van der Waals surface area contributed by atoms with Crippen molar-refractivity contribution in [2.75, 3.05) is 51.5 Å². The number of anilines is 1. The van der Waals surface area contributed by atoms with Crippen LogP contribution >= 0.6 is 11.3 Å². The van der Waals surface area contributed by atoms with E-state index in [1.54, 1.807) is 11.3 Å². The summed E-state index contributed by atoms with van der Waals surface area (Å²) in [7, 11) is 2.19. The fraction of sp³-hybridized carbons (Fsp3) is 0.400. The van der Waals surface area contributed by atoms with E-state index in [4.69, 9.17) is 9.98 Å². The number of nitrogens with zero attached hydrogens (tertiary/aromatic N) is 7. The molecule has 1 aromatic carbocycles. The quantitative estimate of drug-likeness (QED) is 0.698. The minimum atomic E-state index is 0.0163.